The third-order valence-electron chi connectivity index (χ3n) is 4.65. The van der Waals surface area contributed by atoms with Gasteiger partial charge in [0.05, 0.1) is 6.54 Å². The number of hydrogen-bond acceptors (Lipinski definition) is 5. The summed E-state index contributed by atoms with van der Waals surface area (Å²) in [6.07, 6.45) is 2.25. The fraction of sp³-hybridized carbons (Fsp3) is 0.824. The van der Waals surface area contributed by atoms with E-state index >= 15 is 0 Å². The van der Waals surface area contributed by atoms with Gasteiger partial charge in [0.2, 0.25) is 0 Å². The molecular weight excluding hydrogens is 306 g/mol. The molecule has 3 rings (SSSR count). The summed E-state index contributed by atoms with van der Waals surface area (Å²) in [5.41, 5.74) is -0.453. The molecule has 1 saturated carbocycles. The van der Waals surface area contributed by atoms with Crippen LogP contribution in [0.4, 0.5) is 4.79 Å². The molecule has 24 heavy (non-hydrogen) atoms. The summed E-state index contributed by atoms with van der Waals surface area (Å²) in [4.78, 5) is 16.5. The molecule has 2 aliphatic rings. The Balaban J connectivity index is 1.56. The molecule has 1 aromatic heterocycles. The van der Waals surface area contributed by atoms with E-state index in [1.165, 1.54) is 12.8 Å². The van der Waals surface area contributed by atoms with Crippen LogP contribution in [0, 0.1) is 0 Å². The maximum Gasteiger partial charge on any atom is 0.410 e. The summed E-state index contributed by atoms with van der Waals surface area (Å²) >= 11 is 0. The number of nitrogens with zero attached hydrogens (tertiary/aromatic N) is 5. The Morgan fingerprint density at radius 1 is 1.25 bits per heavy atom. The SMILES string of the molecule is C[C@@H]1CN(Cc2nnc(C3CC3)n2C)CCN1C(=O)OC(C)(C)C. The zero-order chi connectivity index (χ0) is 17.5. The smallest absolute Gasteiger partial charge is 0.410 e. The van der Waals surface area contributed by atoms with E-state index in [1.54, 1.807) is 0 Å². The molecule has 1 aliphatic heterocycles. The molecule has 1 aliphatic carbocycles. The summed E-state index contributed by atoms with van der Waals surface area (Å²) in [7, 11) is 2.06. The molecule has 1 saturated heterocycles. The van der Waals surface area contributed by atoms with E-state index in [4.69, 9.17) is 4.74 Å². The van der Waals surface area contributed by atoms with Gasteiger partial charge in [0.15, 0.2) is 0 Å². The summed E-state index contributed by atoms with van der Waals surface area (Å²) in [6.45, 7) is 10.9. The lowest BCUT2D eigenvalue weighted by atomic mass is 10.2. The number of aromatic nitrogens is 3. The van der Waals surface area contributed by atoms with Gasteiger partial charge in [-0.3, -0.25) is 4.90 Å². The van der Waals surface area contributed by atoms with Crippen molar-refractivity contribution >= 4 is 6.09 Å². The molecule has 1 amide bonds. The quantitative estimate of drug-likeness (QED) is 0.847. The van der Waals surface area contributed by atoms with E-state index in [0.717, 1.165) is 31.3 Å². The van der Waals surface area contributed by atoms with Crippen LogP contribution in [-0.2, 0) is 18.3 Å². The lowest BCUT2D eigenvalue weighted by molar-refractivity contribution is 0.000191. The standard InChI is InChI=1S/C17H29N5O2/c1-12-10-21(8-9-22(12)16(23)24-17(2,3)4)11-14-18-19-15(20(14)5)13-6-7-13/h12-13H,6-11H2,1-5H3/t12-/m1/s1. The Morgan fingerprint density at radius 3 is 2.54 bits per heavy atom. The zero-order valence-corrected chi connectivity index (χ0v) is 15.4. The van der Waals surface area contributed by atoms with Crippen molar-refractivity contribution in [2.45, 2.75) is 64.6 Å². The Morgan fingerprint density at radius 2 is 1.96 bits per heavy atom. The van der Waals surface area contributed by atoms with Crippen LogP contribution in [-0.4, -0.2) is 61.9 Å². The van der Waals surface area contributed by atoms with Crippen LogP contribution in [0.1, 0.15) is 58.1 Å². The van der Waals surface area contributed by atoms with E-state index in [2.05, 4.69) is 33.6 Å². The van der Waals surface area contributed by atoms with Crippen LogP contribution in [0.2, 0.25) is 0 Å². The monoisotopic (exact) mass is 335 g/mol. The minimum absolute atomic E-state index is 0.129. The van der Waals surface area contributed by atoms with Crippen molar-refractivity contribution in [3.05, 3.63) is 11.6 Å². The maximum atomic E-state index is 12.3. The van der Waals surface area contributed by atoms with Gasteiger partial charge in [-0.1, -0.05) is 0 Å². The summed E-state index contributed by atoms with van der Waals surface area (Å²) in [5, 5.41) is 8.71. The molecule has 0 spiro atoms. The Labute approximate surface area is 144 Å². The molecule has 1 aromatic rings. The molecular formula is C17H29N5O2. The first-order chi connectivity index (χ1) is 11.2. The van der Waals surface area contributed by atoms with Crippen molar-refractivity contribution in [3.63, 3.8) is 0 Å². The predicted molar refractivity (Wildman–Crippen MR) is 90.7 cm³/mol. The highest BCUT2D eigenvalue weighted by Crippen LogP contribution is 2.38. The van der Waals surface area contributed by atoms with Crippen molar-refractivity contribution in [2.75, 3.05) is 19.6 Å². The van der Waals surface area contributed by atoms with Crippen molar-refractivity contribution in [2.24, 2.45) is 7.05 Å². The first kappa shape index (κ1) is 17.2. The first-order valence-electron chi connectivity index (χ1n) is 8.85. The van der Waals surface area contributed by atoms with Gasteiger partial charge in [0, 0.05) is 38.6 Å². The number of amides is 1. The summed E-state index contributed by atoms with van der Waals surface area (Å²) in [5.74, 6) is 2.74. The molecule has 0 radical (unpaired) electrons. The fourth-order valence-electron chi connectivity index (χ4n) is 3.18. The van der Waals surface area contributed by atoms with Gasteiger partial charge in [-0.15, -0.1) is 10.2 Å². The van der Waals surface area contributed by atoms with Crippen LogP contribution >= 0.6 is 0 Å². The van der Waals surface area contributed by atoms with Crippen LogP contribution in [0.3, 0.4) is 0 Å². The average Bonchev–Trinajstić information content (AvgIpc) is 3.23. The van der Waals surface area contributed by atoms with Crippen molar-refractivity contribution in [1.82, 2.24) is 24.6 Å². The van der Waals surface area contributed by atoms with Crippen molar-refractivity contribution in [3.8, 4) is 0 Å². The lowest BCUT2D eigenvalue weighted by Crippen LogP contribution is -2.54. The van der Waals surface area contributed by atoms with Gasteiger partial charge in [-0.05, 0) is 40.5 Å². The second-order valence-electron chi connectivity index (χ2n) is 8.07. The van der Waals surface area contributed by atoms with Gasteiger partial charge in [-0.25, -0.2) is 4.79 Å². The van der Waals surface area contributed by atoms with Crippen LogP contribution < -0.4 is 0 Å². The second-order valence-corrected chi connectivity index (χ2v) is 8.07. The maximum absolute atomic E-state index is 12.3. The highest BCUT2D eigenvalue weighted by atomic mass is 16.6. The molecule has 2 fully saturated rings. The highest BCUT2D eigenvalue weighted by molar-refractivity contribution is 5.68. The third-order valence-corrected chi connectivity index (χ3v) is 4.65. The Kier molecular flexibility index (Phi) is 4.55. The largest absolute Gasteiger partial charge is 0.444 e. The highest BCUT2D eigenvalue weighted by Gasteiger charge is 2.32. The van der Waals surface area contributed by atoms with Crippen molar-refractivity contribution < 1.29 is 9.53 Å². The number of hydrogen-bond donors (Lipinski definition) is 0. The molecule has 7 nitrogen and oxygen atoms in total. The first-order valence-corrected chi connectivity index (χ1v) is 8.85. The number of rotatable bonds is 3. The molecule has 1 atom stereocenters. The Bertz CT molecular complexity index is 603. The van der Waals surface area contributed by atoms with E-state index in [9.17, 15) is 4.79 Å². The van der Waals surface area contributed by atoms with Gasteiger partial charge in [0.1, 0.15) is 17.2 Å². The van der Waals surface area contributed by atoms with Crippen LogP contribution in [0.5, 0.6) is 0 Å². The summed E-state index contributed by atoms with van der Waals surface area (Å²) < 4.78 is 7.64. The van der Waals surface area contributed by atoms with Crippen LogP contribution in [0.25, 0.3) is 0 Å². The topological polar surface area (TPSA) is 63.5 Å². The van der Waals surface area contributed by atoms with Gasteiger partial charge in [0.25, 0.3) is 0 Å². The van der Waals surface area contributed by atoms with E-state index in [-0.39, 0.29) is 12.1 Å². The fourth-order valence-corrected chi connectivity index (χ4v) is 3.18. The molecule has 0 unspecified atom stereocenters. The molecule has 0 aromatic carbocycles. The molecule has 2 heterocycles. The van der Waals surface area contributed by atoms with Gasteiger partial charge in [-0.2, -0.15) is 0 Å². The minimum Gasteiger partial charge on any atom is -0.444 e. The number of ether oxygens (including phenoxy) is 1. The molecule has 0 N–H and O–H groups in total. The van der Waals surface area contributed by atoms with E-state index in [0.29, 0.717) is 12.5 Å². The van der Waals surface area contributed by atoms with Gasteiger partial charge < -0.3 is 14.2 Å². The van der Waals surface area contributed by atoms with Crippen LogP contribution in [0.15, 0.2) is 0 Å². The number of piperazine rings is 1. The van der Waals surface area contributed by atoms with E-state index < -0.39 is 5.60 Å². The van der Waals surface area contributed by atoms with Gasteiger partial charge >= 0.3 is 6.09 Å². The normalized spacial score (nSPS) is 22.7. The third kappa shape index (κ3) is 3.88. The van der Waals surface area contributed by atoms with E-state index in [1.807, 2.05) is 25.7 Å². The summed E-state index contributed by atoms with van der Waals surface area (Å²) in [6, 6.07) is 0.129. The molecule has 0 bridgehead atoms. The second kappa shape index (κ2) is 6.35. The predicted octanol–water partition coefficient (Wildman–Crippen LogP) is 2.13. The number of carbonyl (C=O) groups is 1. The number of carbonyl (C=O) groups excluding carboxylic acids is 1. The zero-order valence-electron chi connectivity index (χ0n) is 15.4. The van der Waals surface area contributed by atoms with Crippen molar-refractivity contribution in [1.29, 1.82) is 0 Å². The molecule has 7 heteroatoms. The lowest BCUT2D eigenvalue weighted by Gasteiger charge is -2.40. The minimum atomic E-state index is -0.453. The molecule has 134 valence electrons. The average molecular weight is 335 g/mol. The Hall–Kier alpha value is -1.63.